The molecule has 0 heterocycles. The molecule has 0 aromatic carbocycles. The van der Waals surface area contributed by atoms with Gasteiger partial charge in [-0.3, -0.25) is 9.59 Å². The highest BCUT2D eigenvalue weighted by Crippen LogP contribution is 2.07. The summed E-state index contributed by atoms with van der Waals surface area (Å²) in [5.74, 6) is -2.15. The first-order valence-electron chi connectivity index (χ1n) is 6.66. The Morgan fingerprint density at radius 2 is 1.42 bits per heavy atom. The van der Waals surface area contributed by atoms with E-state index in [0.717, 1.165) is 25.7 Å². The van der Waals surface area contributed by atoms with Gasteiger partial charge in [-0.1, -0.05) is 26.2 Å². The number of aliphatic hydroxyl groups is 2. The molecule has 0 aromatic heterocycles. The maximum Gasteiger partial charge on any atom is 0.303 e. The number of hydrogen-bond acceptors (Lipinski definition) is 4. The van der Waals surface area contributed by atoms with Gasteiger partial charge in [-0.15, -0.1) is 0 Å². The quantitative estimate of drug-likeness (QED) is 0.451. The molecule has 0 aliphatic rings. The third-order valence-electron chi connectivity index (χ3n) is 2.39. The summed E-state index contributed by atoms with van der Waals surface area (Å²) >= 11 is 0. The van der Waals surface area contributed by atoms with Crippen LogP contribution in [0.1, 0.15) is 58.3 Å². The number of rotatable bonds is 10. The van der Waals surface area contributed by atoms with E-state index < -0.39 is 11.9 Å². The van der Waals surface area contributed by atoms with Crippen molar-refractivity contribution in [3.05, 3.63) is 0 Å². The van der Waals surface area contributed by atoms with Crippen molar-refractivity contribution in [1.29, 1.82) is 0 Å². The number of hydrogen-bond donors (Lipinski definition) is 4. The highest BCUT2D eigenvalue weighted by Gasteiger charge is 2.01. The number of carboxylic acid groups (broad SMARTS) is 2. The molecule has 0 bridgehead atoms. The van der Waals surface area contributed by atoms with Crippen molar-refractivity contribution in [2.24, 2.45) is 0 Å². The molecule has 0 amide bonds. The molecule has 6 heteroatoms. The van der Waals surface area contributed by atoms with Gasteiger partial charge in [-0.25, -0.2) is 0 Å². The molecule has 0 rings (SSSR count). The summed E-state index contributed by atoms with van der Waals surface area (Å²) in [5.41, 5.74) is 0. The lowest BCUT2D eigenvalue weighted by Gasteiger charge is -2.07. The minimum absolute atomic E-state index is 0.186. The Balaban J connectivity index is 0. The fourth-order valence-electron chi connectivity index (χ4n) is 1.32. The van der Waals surface area contributed by atoms with Crippen molar-refractivity contribution in [3.63, 3.8) is 0 Å². The zero-order valence-electron chi connectivity index (χ0n) is 11.5. The summed E-state index contributed by atoms with van der Waals surface area (Å²) in [6, 6.07) is 0. The van der Waals surface area contributed by atoms with Crippen LogP contribution < -0.4 is 0 Å². The first kappa shape index (κ1) is 20.2. The summed E-state index contributed by atoms with van der Waals surface area (Å²) in [5, 5.41) is 33.6. The summed E-state index contributed by atoms with van der Waals surface area (Å²) in [6.45, 7) is 2.35. The van der Waals surface area contributed by atoms with E-state index in [1.165, 1.54) is 12.8 Å². The van der Waals surface area contributed by atoms with Crippen molar-refractivity contribution in [1.82, 2.24) is 0 Å². The summed E-state index contributed by atoms with van der Waals surface area (Å²) in [7, 11) is 0. The molecule has 0 saturated carbocycles. The molecule has 1 atom stereocenters. The predicted molar refractivity (Wildman–Crippen MR) is 71.0 cm³/mol. The zero-order chi connectivity index (χ0) is 15.1. The minimum Gasteiger partial charge on any atom is -0.481 e. The molecule has 0 radical (unpaired) electrons. The summed E-state index contributed by atoms with van der Waals surface area (Å²) < 4.78 is 0. The zero-order valence-corrected chi connectivity index (χ0v) is 11.5. The molecule has 4 N–H and O–H groups in total. The number of carbonyl (C=O) groups is 2. The SMILES string of the molecule is CCCCCC(O)CCCO.O=C(O)CCC(=O)O. The molecule has 0 aliphatic heterocycles. The third-order valence-corrected chi connectivity index (χ3v) is 2.39. The number of unbranched alkanes of at least 4 members (excludes halogenated alkanes) is 2. The van der Waals surface area contributed by atoms with Gasteiger partial charge in [0.15, 0.2) is 0 Å². The highest BCUT2D eigenvalue weighted by atomic mass is 16.4. The minimum atomic E-state index is -1.08. The lowest BCUT2D eigenvalue weighted by atomic mass is 10.1. The molecule has 19 heavy (non-hydrogen) atoms. The van der Waals surface area contributed by atoms with Crippen molar-refractivity contribution >= 4 is 11.9 Å². The largest absolute Gasteiger partial charge is 0.481 e. The van der Waals surface area contributed by atoms with E-state index in [9.17, 15) is 14.7 Å². The van der Waals surface area contributed by atoms with Gasteiger partial charge in [-0.2, -0.15) is 0 Å². The maximum atomic E-state index is 9.64. The van der Waals surface area contributed by atoms with Crippen LogP contribution in [0.15, 0.2) is 0 Å². The molecule has 1 unspecified atom stereocenters. The Bertz CT molecular complexity index is 215. The van der Waals surface area contributed by atoms with Gasteiger partial charge in [0, 0.05) is 6.61 Å². The second-order valence-corrected chi connectivity index (χ2v) is 4.30. The standard InChI is InChI=1S/C9H20O2.C4H6O4/c1-2-3-4-6-9(11)7-5-8-10;5-3(6)1-2-4(7)8/h9-11H,2-8H2,1H3;1-2H2,(H,5,6)(H,7,8). The molecular weight excluding hydrogens is 252 g/mol. The van der Waals surface area contributed by atoms with Gasteiger partial charge in [-0.05, 0) is 19.3 Å². The van der Waals surface area contributed by atoms with Crippen LogP contribution in [0.25, 0.3) is 0 Å². The van der Waals surface area contributed by atoms with E-state index in [1.54, 1.807) is 0 Å². The molecule has 6 nitrogen and oxygen atoms in total. The number of carboxylic acids is 2. The van der Waals surface area contributed by atoms with E-state index >= 15 is 0 Å². The Labute approximate surface area is 114 Å². The average molecular weight is 278 g/mol. The molecule has 0 aliphatic carbocycles. The molecule has 0 aromatic rings. The van der Waals surface area contributed by atoms with Crippen molar-refractivity contribution in [3.8, 4) is 0 Å². The molecule has 114 valence electrons. The lowest BCUT2D eigenvalue weighted by Crippen LogP contribution is -2.06. The normalized spacial score (nSPS) is 11.3. The number of aliphatic carboxylic acids is 2. The van der Waals surface area contributed by atoms with Crippen LogP contribution in [0.4, 0.5) is 0 Å². The van der Waals surface area contributed by atoms with Gasteiger partial charge >= 0.3 is 11.9 Å². The van der Waals surface area contributed by atoms with Crippen LogP contribution >= 0.6 is 0 Å². The smallest absolute Gasteiger partial charge is 0.303 e. The number of aliphatic hydroxyl groups excluding tert-OH is 2. The fourth-order valence-corrected chi connectivity index (χ4v) is 1.32. The van der Waals surface area contributed by atoms with Crippen LogP contribution in [-0.2, 0) is 9.59 Å². The lowest BCUT2D eigenvalue weighted by molar-refractivity contribution is -0.143. The van der Waals surface area contributed by atoms with Gasteiger partial charge in [0.1, 0.15) is 0 Å². The van der Waals surface area contributed by atoms with Crippen molar-refractivity contribution in [2.75, 3.05) is 6.61 Å². The van der Waals surface area contributed by atoms with E-state index in [4.69, 9.17) is 15.3 Å². The van der Waals surface area contributed by atoms with Crippen LogP contribution in [0.3, 0.4) is 0 Å². The summed E-state index contributed by atoms with van der Waals surface area (Å²) in [4.78, 5) is 19.3. The fraction of sp³-hybridized carbons (Fsp3) is 0.846. The van der Waals surface area contributed by atoms with Gasteiger partial charge in [0.25, 0.3) is 0 Å². The Morgan fingerprint density at radius 1 is 0.947 bits per heavy atom. The third kappa shape index (κ3) is 22.5. The average Bonchev–Trinajstić information content (AvgIpc) is 2.35. The van der Waals surface area contributed by atoms with Crippen LogP contribution in [0.5, 0.6) is 0 Å². The van der Waals surface area contributed by atoms with Gasteiger partial charge in [0.2, 0.25) is 0 Å². The van der Waals surface area contributed by atoms with E-state index in [0.29, 0.717) is 0 Å². The second kappa shape index (κ2) is 14.9. The van der Waals surface area contributed by atoms with Crippen LogP contribution in [-0.4, -0.2) is 45.1 Å². The molecular formula is C13H26O6. The van der Waals surface area contributed by atoms with E-state index in [2.05, 4.69) is 6.92 Å². The highest BCUT2D eigenvalue weighted by molar-refractivity contribution is 5.75. The molecule has 0 fully saturated rings. The summed E-state index contributed by atoms with van der Waals surface area (Å²) in [6.07, 6.45) is 5.12. The van der Waals surface area contributed by atoms with Crippen molar-refractivity contribution < 1.29 is 30.0 Å². The second-order valence-electron chi connectivity index (χ2n) is 4.30. The first-order valence-corrected chi connectivity index (χ1v) is 6.66. The first-order chi connectivity index (χ1) is 8.93. The topological polar surface area (TPSA) is 115 Å². The van der Waals surface area contributed by atoms with Crippen molar-refractivity contribution in [2.45, 2.75) is 64.4 Å². The predicted octanol–water partition coefficient (Wildman–Crippen LogP) is 1.64. The van der Waals surface area contributed by atoms with Crippen LogP contribution in [0.2, 0.25) is 0 Å². The Hall–Kier alpha value is -1.14. The molecule has 0 spiro atoms. The Kier molecular flexibility index (Phi) is 15.8. The monoisotopic (exact) mass is 278 g/mol. The Morgan fingerprint density at radius 3 is 1.79 bits per heavy atom. The molecule has 0 saturated heterocycles. The van der Waals surface area contributed by atoms with Gasteiger partial charge < -0.3 is 20.4 Å². The van der Waals surface area contributed by atoms with Gasteiger partial charge in [0.05, 0.1) is 18.9 Å². The van der Waals surface area contributed by atoms with Crippen LogP contribution in [0, 0.1) is 0 Å². The maximum absolute atomic E-state index is 9.64. The van der Waals surface area contributed by atoms with E-state index in [1.807, 2.05) is 0 Å². The van der Waals surface area contributed by atoms with E-state index in [-0.39, 0.29) is 25.6 Å².